The number of hydrogen-bond donors (Lipinski definition) is 1. The molecule has 16 heavy (non-hydrogen) atoms. The van der Waals surface area contributed by atoms with Gasteiger partial charge in [0.25, 0.3) is 0 Å². The molecule has 0 aromatic heterocycles. The molecule has 1 atom stereocenters. The number of carbonyl (C=O) groups excluding carboxylic acids is 1. The highest BCUT2D eigenvalue weighted by Crippen LogP contribution is 2.20. The van der Waals surface area contributed by atoms with E-state index in [1.54, 1.807) is 6.08 Å². The lowest BCUT2D eigenvalue weighted by atomic mass is 9.97. The summed E-state index contributed by atoms with van der Waals surface area (Å²) in [5.74, 6) is -1.79. The minimum atomic E-state index is -1.16. The van der Waals surface area contributed by atoms with Crippen molar-refractivity contribution in [2.75, 3.05) is 0 Å². The average molecular weight is 222 g/mol. The fourth-order valence-electron chi connectivity index (χ4n) is 1.50. The summed E-state index contributed by atoms with van der Waals surface area (Å²) in [5, 5.41) is 8.33. The van der Waals surface area contributed by atoms with Gasteiger partial charge in [0.05, 0.1) is 0 Å². The van der Waals surface area contributed by atoms with E-state index in [-0.39, 0.29) is 6.10 Å². The number of carboxylic acids is 1. The molecular weight excluding hydrogens is 208 g/mol. The Morgan fingerprint density at radius 3 is 2.88 bits per heavy atom. The summed E-state index contributed by atoms with van der Waals surface area (Å²) in [5.41, 5.74) is 1.06. The number of carbonyl (C=O) groups is 2. The van der Waals surface area contributed by atoms with Crippen molar-refractivity contribution in [3.63, 3.8) is 0 Å². The average Bonchev–Trinajstić information content (AvgIpc) is 2.26. The molecule has 1 aliphatic carbocycles. The molecule has 0 bridgehead atoms. The molecular formula is C12H14O4. The second-order valence-corrected chi connectivity index (χ2v) is 3.48. The van der Waals surface area contributed by atoms with Gasteiger partial charge in [0.1, 0.15) is 6.10 Å². The minimum Gasteiger partial charge on any atom is -0.478 e. The maximum absolute atomic E-state index is 11.2. The van der Waals surface area contributed by atoms with Crippen molar-refractivity contribution in [1.29, 1.82) is 0 Å². The molecule has 0 unspecified atom stereocenters. The van der Waals surface area contributed by atoms with E-state index < -0.39 is 11.9 Å². The van der Waals surface area contributed by atoms with Crippen LogP contribution in [-0.2, 0) is 14.3 Å². The first-order chi connectivity index (χ1) is 7.61. The molecule has 0 saturated carbocycles. The summed E-state index contributed by atoms with van der Waals surface area (Å²) >= 11 is 0. The van der Waals surface area contributed by atoms with E-state index in [0.717, 1.165) is 37.0 Å². The van der Waals surface area contributed by atoms with Gasteiger partial charge >= 0.3 is 11.9 Å². The van der Waals surface area contributed by atoms with Crippen molar-refractivity contribution in [2.24, 2.45) is 0 Å². The monoisotopic (exact) mass is 222 g/mol. The van der Waals surface area contributed by atoms with Crippen LogP contribution in [0.1, 0.15) is 19.3 Å². The van der Waals surface area contributed by atoms with E-state index in [1.807, 2.05) is 6.08 Å². The Balaban J connectivity index is 2.51. The number of carboxylic acid groups (broad SMARTS) is 1. The molecule has 1 rings (SSSR count). The van der Waals surface area contributed by atoms with Crippen LogP contribution in [0.25, 0.3) is 0 Å². The molecule has 1 N–H and O–H groups in total. The summed E-state index contributed by atoms with van der Waals surface area (Å²) in [6, 6.07) is 0. The van der Waals surface area contributed by atoms with Gasteiger partial charge in [-0.25, -0.2) is 9.59 Å². The quantitative estimate of drug-likeness (QED) is 0.582. The van der Waals surface area contributed by atoms with Crippen molar-refractivity contribution in [3.05, 3.63) is 36.5 Å². The Labute approximate surface area is 93.9 Å². The molecule has 0 aliphatic heterocycles. The number of rotatable bonds is 4. The molecule has 4 nitrogen and oxygen atoms in total. The lowest BCUT2D eigenvalue weighted by Gasteiger charge is -2.19. The Morgan fingerprint density at radius 1 is 1.50 bits per heavy atom. The highest BCUT2D eigenvalue weighted by atomic mass is 16.5. The topological polar surface area (TPSA) is 63.6 Å². The first kappa shape index (κ1) is 12.2. The molecule has 0 fully saturated rings. The Hall–Kier alpha value is -1.84. The minimum absolute atomic E-state index is 0.271. The smallest absolute Gasteiger partial charge is 0.331 e. The molecule has 0 aromatic rings. The normalized spacial score (nSPS) is 20.2. The second-order valence-electron chi connectivity index (χ2n) is 3.48. The molecule has 0 aromatic carbocycles. The number of allylic oxidation sites excluding steroid dienone is 2. The van der Waals surface area contributed by atoms with Crippen LogP contribution in [-0.4, -0.2) is 23.1 Å². The van der Waals surface area contributed by atoms with Crippen LogP contribution in [0.15, 0.2) is 36.5 Å². The van der Waals surface area contributed by atoms with Crippen molar-refractivity contribution in [1.82, 2.24) is 0 Å². The zero-order chi connectivity index (χ0) is 12.0. The van der Waals surface area contributed by atoms with Crippen LogP contribution >= 0.6 is 0 Å². The van der Waals surface area contributed by atoms with Crippen molar-refractivity contribution in [3.8, 4) is 0 Å². The van der Waals surface area contributed by atoms with Gasteiger partial charge in [-0.2, -0.15) is 0 Å². The predicted molar refractivity (Wildman–Crippen MR) is 58.8 cm³/mol. The molecule has 4 heteroatoms. The third-order valence-electron chi connectivity index (χ3n) is 2.25. The third-order valence-corrected chi connectivity index (χ3v) is 2.25. The summed E-state index contributed by atoms with van der Waals surface area (Å²) in [7, 11) is 0. The maximum Gasteiger partial charge on any atom is 0.331 e. The van der Waals surface area contributed by atoms with Gasteiger partial charge in [-0.05, 0) is 30.9 Å². The van der Waals surface area contributed by atoms with Crippen LogP contribution < -0.4 is 0 Å². The van der Waals surface area contributed by atoms with Gasteiger partial charge in [0.15, 0.2) is 0 Å². The van der Waals surface area contributed by atoms with Gasteiger partial charge in [-0.3, -0.25) is 0 Å². The largest absolute Gasteiger partial charge is 0.478 e. The first-order valence-corrected chi connectivity index (χ1v) is 5.06. The molecule has 0 radical (unpaired) electrons. The molecule has 0 saturated heterocycles. The van der Waals surface area contributed by atoms with Crippen LogP contribution in [0.4, 0.5) is 0 Å². The van der Waals surface area contributed by atoms with Crippen molar-refractivity contribution < 1.29 is 19.4 Å². The van der Waals surface area contributed by atoms with Gasteiger partial charge in [0, 0.05) is 12.2 Å². The second kappa shape index (κ2) is 5.90. The lowest BCUT2D eigenvalue weighted by molar-refractivity contribution is -0.142. The summed E-state index contributed by atoms with van der Waals surface area (Å²) in [6.07, 6.45) is 7.66. The fraction of sp³-hybridized carbons (Fsp3) is 0.333. The van der Waals surface area contributed by atoms with E-state index in [1.165, 1.54) is 0 Å². The summed E-state index contributed by atoms with van der Waals surface area (Å²) in [4.78, 5) is 21.4. The SMILES string of the molecule is C=CC1=C[C@@H](OC(=O)/C=C\C(=O)O)CCC1. The van der Waals surface area contributed by atoms with Crippen molar-refractivity contribution >= 4 is 11.9 Å². The van der Waals surface area contributed by atoms with Gasteiger partial charge in [0.2, 0.25) is 0 Å². The maximum atomic E-state index is 11.2. The van der Waals surface area contributed by atoms with Gasteiger partial charge in [-0.15, -0.1) is 0 Å². The highest BCUT2D eigenvalue weighted by Gasteiger charge is 2.15. The Morgan fingerprint density at radius 2 is 2.25 bits per heavy atom. The standard InChI is InChI=1S/C12H14O4/c1-2-9-4-3-5-10(8-9)16-12(15)7-6-11(13)14/h2,6-8,10H,1,3-5H2,(H,13,14)/b7-6-/t10-/m0/s1. The Bertz CT molecular complexity index is 352. The van der Waals surface area contributed by atoms with E-state index in [4.69, 9.17) is 9.84 Å². The van der Waals surface area contributed by atoms with Crippen molar-refractivity contribution in [2.45, 2.75) is 25.4 Å². The first-order valence-electron chi connectivity index (χ1n) is 5.06. The number of ether oxygens (including phenoxy) is 1. The number of aliphatic carboxylic acids is 1. The van der Waals surface area contributed by atoms with E-state index in [2.05, 4.69) is 6.58 Å². The Kier molecular flexibility index (Phi) is 4.51. The van der Waals surface area contributed by atoms with Gasteiger partial charge < -0.3 is 9.84 Å². The highest BCUT2D eigenvalue weighted by molar-refractivity contribution is 5.90. The molecule has 0 amide bonds. The fourth-order valence-corrected chi connectivity index (χ4v) is 1.50. The van der Waals surface area contributed by atoms with Crippen LogP contribution in [0.3, 0.4) is 0 Å². The number of esters is 1. The van der Waals surface area contributed by atoms with E-state index >= 15 is 0 Å². The van der Waals surface area contributed by atoms with Crippen LogP contribution in [0.2, 0.25) is 0 Å². The summed E-state index contributed by atoms with van der Waals surface area (Å²) in [6.45, 7) is 3.66. The summed E-state index contributed by atoms with van der Waals surface area (Å²) < 4.78 is 5.06. The predicted octanol–water partition coefficient (Wildman–Crippen LogP) is 1.84. The van der Waals surface area contributed by atoms with Crippen LogP contribution in [0, 0.1) is 0 Å². The lowest BCUT2D eigenvalue weighted by Crippen LogP contribution is -2.17. The van der Waals surface area contributed by atoms with Gasteiger partial charge in [-0.1, -0.05) is 12.7 Å². The molecule has 0 spiro atoms. The number of hydrogen-bond acceptors (Lipinski definition) is 3. The molecule has 1 aliphatic rings. The van der Waals surface area contributed by atoms with E-state index in [9.17, 15) is 9.59 Å². The zero-order valence-electron chi connectivity index (χ0n) is 8.89. The molecule has 0 heterocycles. The zero-order valence-corrected chi connectivity index (χ0v) is 8.89. The van der Waals surface area contributed by atoms with Crippen LogP contribution in [0.5, 0.6) is 0 Å². The van der Waals surface area contributed by atoms with E-state index in [0.29, 0.717) is 0 Å². The molecule has 86 valence electrons. The third kappa shape index (κ3) is 4.13.